The SMILES string of the molecule is COc1ccc(Br)cc1CN(C)CC(=O)Nc1ccc(Cl)c([N+](=O)[O-])c1. The molecule has 0 saturated heterocycles. The van der Waals surface area contributed by atoms with Gasteiger partial charge in [0.25, 0.3) is 5.69 Å². The van der Waals surface area contributed by atoms with Gasteiger partial charge in [0.15, 0.2) is 0 Å². The number of rotatable bonds is 7. The van der Waals surface area contributed by atoms with E-state index in [1.165, 1.54) is 18.2 Å². The number of nitro benzene ring substituents is 1. The number of carbonyl (C=O) groups is 1. The van der Waals surface area contributed by atoms with E-state index in [2.05, 4.69) is 21.2 Å². The zero-order chi connectivity index (χ0) is 19.3. The maximum absolute atomic E-state index is 12.2. The number of hydrogen-bond acceptors (Lipinski definition) is 5. The number of anilines is 1. The molecule has 0 heterocycles. The largest absolute Gasteiger partial charge is 0.496 e. The van der Waals surface area contributed by atoms with Gasteiger partial charge in [0.05, 0.1) is 18.6 Å². The van der Waals surface area contributed by atoms with Gasteiger partial charge in [-0.25, -0.2) is 0 Å². The van der Waals surface area contributed by atoms with Crippen LogP contribution in [0.15, 0.2) is 40.9 Å². The molecule has 26 heavy (non-hydrogen) atoms. The Labute approximate surface area is 164 Å². The minimum atomic E-state index is -0.594. The van der Waals surface area contributed by atoms with E-state index in [-0.39, 0.29) is 23.2 Å². The third-order valence-corrected chi connectivity index (χ3v) is 4.34. The van der Waals surface area contributed by atoms with Crippen molar-refractivity contribution in [2.24, 2.45) is 0 Å². The first-order valence-electron chi connectivity index (χ1n) is 7.55. The molecule has 0 aliphatic rings. The number of nitrogens with zero attached hydrogens (tertiary/aromatic N) is 2. The van der Waals surface area contributed by atoms with Gasteiger partial charge >= 0.3 is 0 Å². The second kappa shape index (κ2) is 8.98. The van der Waals surface area contributed by atoms with E-state index in [1.54, 1.807) is 14.2 Å². The standard InChI is InChI=1S/C17H17BrClN3O4/c1-21(9-11-7-12(18)3-6-16(11)26-2)10-17(23)20-13-4-5-14(19)15(8-13)22(24)25/h3-8H,9-10H2,1-2H3,(H,20,23). The van der Waals surface area contributed by atoms with E-state index >= 15 is 0 Å². The summed E-state index contributed by atoms with van der Waals surface area (Å²) in [6.45, 7) is 0.600. The predicted molar refractivity (Wildman–Crippen MR) is 104 cm³/mol. The summed E-state index contributed by atoms with van der Waals surface area (Å²) in [5, 5.41) is 13.6. The van der Waals surface area contributed by atoms with Crippen LogP contribution in [-0.2, 0) is 11.3 Å². The Balaban J connectivity index is 2.01. The first kappa shape index (κ1) is 20.2. The summed E-state index contributed by atoms with van der Waals surface area (Å²) >= 11 is 9.18. The second-order valence-electron chi connectivity index (χ2n) is 5.60. The van der Waals surface area contributed by atoms with E-state index < -0.39 is 4.92 Å². The van der Waals surface area contributed by atoms with Crippen LogP contribution in [-0.4, -0.2) is 36.4 Å². The smallest absolute Gasteiger partial charge is 0.289 e. The summed E-state index contributed by atoms with van der Waals surface area (Å²) in [5.74, 6) is 0.437. The average molecular weight is 443 g/mol. The summed E-state index contributed by atoms with van der Waals surface area (Å²) in [7, 11) is 3.39. The maximum atomic E-state index is 12.2. The van der Waals surface area contributed by atoms with E-state index in [1.807, 2.05) is 23.1 Å². The van der Waals surface area contributed by atoms with Crippen LogP contribution in [0.1, 0.15) is 5.56 Å². The molecule has 0 radical (unpaired) electrons. The Morgan fingerprint density at radius 2 is 2.08 bits per heavy atom. The molecule has 2 aromatic carbocycles. The fourth-order valence-corrected chi connectivity index (χ4v) is 2.99. The van der Waals surface area contributed by atoms with Crippen LogP contribution in [0.2, 0.25) is 5.02 Å². The minimum Gasteiger partial charge on any atom is -0.496 e. The Hall–Kier alpha value is -2.16. The number of nitrogens with one attached hydrogen (secondary N) is 1. The molecule has 0 bridgehead atoms. The Morgan fingerprint density at radius 1 is 1.35 bits per heavy atom. The number of halogens is 2. The molecule has 2 aromatic rings. The van der Waals surface area contributed by atoms with Crippen molar-refractivity contribution in [2.45, 2.75) is 6.54 Å². The normalized spacial score (nSPS) is 10.7. The highest BCUT2D eigenvalue weighted by Gasteiger charge is 2.15. The van der Waals surface area contributed by atoms with Crippen LogP contribution in [0.25, 0.3) is 0 Å². The number of likely N-dealkylation sites (N-methyl/N-ethyl adjacent to an activating group) is 1. The molecule has 0 unspecified atom stereocenters. The van der Waals surface area contributed by atoms with Gasteiger partial charge in [0, 0.05) is 28.3 Å². The van der Waals surface area contributed by atoms with Gasteiger partial charge in [0.1, 0.15) is 10.8 Å². The molecule has 1 amide bonds. The van der Waals surface area contributed by atoms with Gasteiger partial charge in [-0.05, 0) is 37.4 Å². The zero-order valence-electron chi connectivity index (χ0n) is 14.2. The molecule has 0 spiro atoms. The molecule has 1 N–H and O–H groups in total. The minimum absolute atomic E-state index is 0.0202. The van der Waals surface area contributed by atoms with E-state index in [4.69, 9.17) is 16.3 Å². The van der Waals surface area contributed by atoms with Gasteiger partial charge in [-0.2, -0.15) is 0 Å². The number of nitro groups is 1. The fourth-order valence-electron chi connectivity index (χ4n) is 2.39. The fraction of sp³-hybridized carbons (Fsp3) is 0.235. The number of methoxy groups -OCH3 is 1. The number of benzene rings is 2. The molecule has 138 valence electrons. The van der Waals surface area contributed by atoms with Crippen LogP contribution in [0, 0.1) is 10.1 Å². The summed E-state index contributed by atoms with van der Waals surface area (Å²) in [5.41, 5.74) is 0.996. The lowest BCUT2D eigenvalue weighted by Gasteiger charge is -2.18. The van der Waals surface area contributed by atoms with Gasteiger partial charge in [-0.3, -0.25) is 19.8 Å². The van der Waals surface area contributed by atoms with Crippen molar-refractivity contribution < 1.29 is 14.5 Å². The molecule has 2 rings (SSSR count). The molecular formula is C17H17BrClN3O4. The topological polar surface area (TPSA) is 84.7 Å². The third kappa shape index (κ3) is 5.42. The summed E-state index contributed by atoms with van der Waals surface area (Å²) in [6, 6.07) is 9.78. The predicted octanol–water partition coefficient (Wildman–Crippen LogP) is 4.09. The van der Waals surface area contributed by atoms with Crippen molar-refractivity contribution in [1.82, 2.24) is 4.90 Å². The van der Waals surface area contributed by atoms with Gasteiger partial charge in [0.2, 0.25) is 5.91 Å². The molecule has 0 aliphatic heterocycles. The lowest BCUT2D eigenvalue weighted by Crippen LogP contribution is -2.30. The summed E-state index contributed by atoms with van der Waals surface area (Å²) in [4.78, 5) is 24.3. The number of ether oxygens (including phenoxy) is 1. The number of carbonyl (C=O) groups excluding carboxylic acids is 1. The quantitative estimate of drug-likeness (QED) is 0.516. The van der Waals surface area contributed by atoms with Crippen molar-refractivity contribution in [3.63, 3.8) is 0 Å². The highest BCUT2D eigenvalue weighted by atomic mass is 79.9. The lowest BCUT2D eigenvalue weighted by molar-refractivity contribution is -0.384. The summed E-state index contributed by atoms with van der Waals surface area (Å²) in [6.07, 6.45) is 0. The Morgan fingerprint density at radius 3 is 2.73 bits per heavy atom. The second-order valence-corrected chi connectivity index (χ2v) is 6.92. The van der Waals surface area contributed by atoms with Crippen molar-refractivity contribution in [3.8, 4) is 5.75 Å². The zero-order valence-corrected chi connectivity index (χ0v) is 16.5. The highest BCUT2D eigenvalue weighted by molar-refractivity contribution is 9.10. The monoisotopic (exact) mass is 441 g/mol. The van der Waals surface area contributed by atoms with Crippen molar-refractivity contribution >= 4 is 44.8 Å². The average Bonchev–Trinajstić information content (AvgIpc) is 2.56. The lowest BCUT2D eigenvalue weighted by atomic mass is 10.2. The molecular weight excluding hydrogens is 426 g/mol. The maximum Gasteiger partial charge on any atom is 0.289 e. The first-order chi connectivity index (χ1) is 12.3. The highest BCUT2D eigenvalue weighted by Crippen LogP contribution is 2.27. The van der Waals surface area contributed by atoms with Crippen LogP contribution in [0.5, 0.6) is 5.75 Å². The third-order valence-electron chi connectivity index (χ3n) is 3.52. The van der Waals surface area contributed by atoms with Crippen LogP contribution < -0.4 is 10.1 Å². The molecule has 7 nitrogen and oxygen atoms in total. The molecule has 0 atom stereocenters. The van der Waals surface area contributed by atoms with E-state index in [9.17, 15) is 14.9 Å². The molecule has 0 aliphatic carbocycles. The molecule has 0 aromatic heterocycles. The van der Waals surface area contributed by atoms with Crippen LogP contribution >= 0.6 is 27.5 Å². The number of amides is 1. The van der Waals surface area contributed by atoms with Gasteiger partial charge in [-0.15, -0.1) is 0 Å². The van der Waals surface area contributed by atoms with Crippen molar-refractivity contribution in [2.75, 3.05) is 26.0 Å². The Bertz CT molecular complexity index is 832. The molecule has 0 fully saturated rings. The van der Waals surface area contributed by atoms with Gasteiger partial charge in [-0.1, -0.05) is 27.5 Å². The van der Waals surface area contributed by atoms with Crippen LogP contribution in [0.3, 0.4) is 0 Å². The van der Waals surface area contributed by atoms with E-state index in [0.29, 0.717) is 12.2 Å². The summed E-state index contributed by atoms with van der Waals surface area (Å²) < 4.78 is 6.24. The van der Waals surface area contributed by atoms with Crippen molar-refractivity contribution in [1.29, 1.82) is 0 Å². The van der Waals surface area contributed by atoms with Gasteiger partial charge < -0.3 is 10.1 Å². The molecule has 9 heteroatoms. The Kier molecular flexibility index (Phi) is 6.96. The first-order valence-corrected chi connectivity index (χ1v) is 8.72. The number of hydrogen-bond donors (Lipinski definition) is 1. The van der Waals surface area contributed by atoms with Crippen molar-refractivity contribution in [3.05, 3.63) is 61.6 Å². The van der Waals surface area contributed by atoms with E-state index in [0.717, 1.165) is 15.8 Å². The van der Waals surface area contributed by atoms with Crippen LogP contribution in [0.4, 0.5) is 11.4 Å². The molecule has 0 saturated carbocycles.